The molecular formula is C13H21NO2. The smallest absolute Gasteiger partial charge is 0.133 e. The Labute approximate surface area is 97.2 Å². The van der Waals surface area contributed by atoms with E-state index in [4.69, 9.17) is 9.15 Å². The predicted molar refractivity (Wildman–Crippen MR) is 63.3 cm³/mol. The maximum Gasteiger partial charge on any atom is 0.133 e. The molecular weight excluding hydrogens is 202 g/mol. The molecule has 2 rings (SSSR count). The van der Waals surface area contributed by atoms with Crippen LogP contribution in [-0.4, -0.2) is 19.7 Å². The summed E-state index contributed by atoms with van der Waals surface area (Å²) in [5.41, 5.74) is 0.293. The fourth-order valence-corrected chi connectivity index (χ4v) is 2.22. The van der Waals surface area contributed by atoms with Crippen LogP contribution < -0.4 is 5.32 Å². The minimum atomic E-state index is 0.0648. The zero-order valence-electron chi connectivity index (χ0n) is 10.2. The number of rotatable bonds is 3. The number of hydrogen-bond acceptors (Lipinski definition) is 3. The van der Waals surface area contributed by atoms with Crippen molar-refractivity contribution in [1.29, 1.82) is 0 Å². The van der Waals surface area contributed by atoms with Crippen molar-refractivity contribution in [2.24, 2.45) is 5.41 Å². The number of nitrogens with one attached hydrogen (secondary N) is 1. The first-order valence-electron chi connectivity index (χ1n) is 6.15. The SMILES string of the molecule is CCC1(CC)CNCC(c2ccco2)OC1. The minimum absolute atomic E-state index is 0.0648. The van der Waals surface area contributed by atoms with Crippen molar-refractivity contribution >= 4 is 0 Å². The first kappa shape index (κ1) is 11.7. The fourth-order valence-electron chi connectivity index (χ4n) is 2.22. The second-order valence-electron chi connectivity index (χ2n) is 4.65. The van der Waals surface area contributed by atoms with Gasteiger partial charge in [-0.05, 0) is 25.0 Å². The van der Waals surface area contributed by atoms with Crippen molar-refractivity contribution in [3.05, 3.63) is 24.2 Å². The molecule has 1 aliphatic rings. The van der Waals surface area contributed by atoms with E-state index in [1.54, 1.807) is 6.26 Å². The van der Waals surface area contributed by atoms with Crippen molar-refractivity contribution in [3.63, 3.8) is 0 Å². The van der Waals surface area contributed by atoms with Gasteiger partial charge in [-0.15, -0.1) is 0 Å². The van der Waals surface area contributed by atoms with E-state index in [9.17, 15) is 0 Å². The van der Waals surface area contributed by atoms with Gasteiger partial charge in [-0.25, -0.2) is 0 Å². The van der Waals surface area contributed by atoms with Gasteiger partial charge in [0, 0.05) is 18.5 Å². The van der Waals surface area contributed by atoms with E-state index in [1.807, 2.05) is 12.1 Å². The molecule has 1 aromatic heterocycles. The summed E-state index contributed by atoms with van der Waals surface area (Å²) in [6.45, 7) is 7.17. The molecule has 3 nitrogen and oxygen atoms in total. The third-order valence-corrected chi connectivity index (χ3v) is 3.78. The Morgan fingerprint density at radius 1 is 1.44 bits per heavy atom. The molecule has 1 atom stereocenters. The van der Waals surface area contributed by atoms with Gasteiger partial charge < -0.3 is 14.5 Å². The minimum Gasteiger partial charge on any atom is -0.467 e. The van der Waals surface area contributed by atoms with Gasteiger partial charge in [0.2, 0.25) is 0 Å². The molecule has 1 saturated heterocycles. The summed E-state index contributed by atoms with van der Waals surface area (Å²) in [6, 6.07) is 3.90. The Morgan fingerprint density at radius 2 is 2.25 bits per heavy atom. The lowest BCUT2D eigenvalue weighted by Crippen LogP contribution is -2.34. The molecule has 16 heavy (non-hydrogen) atoms. The first-order valence-corrected chi connectivity index (χ1v) is 6.15. The maximum atomic E-state index is 5.99. The van der Waals surface area contributed by atoms with E-state index < -0.39 is 0 Å². The highest BCUT2D eigenvalue weighted by molar-refractivity contribution is 5.03. The zero-order chi connectivity index (χ0) is 11.4. The van der Waals surface area contributed by atoms with E-state index in [1.165, 1.54) is 0 Å². The third-order valence-electron chi connectivity index (χ3n) is 3.78. The van der Waals surface area contributed by atoms with Gasteiger partial charge >= 0.3 is 0 Å². The molecule has 0 aliphatic carbocycles. The van der Waals surface area contributed by atoms with E-state index >= 15 is 0 Å². The Morgan fingerprint density at radius 3 is 2.88 bits per heavy atom. The summed E-state index contributed by atoms with van der Waals surface area (Å²) >= 11 is 0. The zero-order valence-corrected chi connectivity index (χ0v) is 10.2. The van der Waals surface area contributed by atoms with Crippen molar-refractivity contribution < 1.29 is 9.15 Å². The summed E-state index contributed by atoms with van der Waals surface area (Å²) in [5.74, 6) is 0.926. The fraction of sp³-hybridized carbons (Fsp3) is 0.692. The van der Waals surface area contributed by atoms with Gasteiger partial charge in [-0.1, -0.05) is 13.8 Å². The van der Waals surface area contributed by atoms with Crippen LogP contribution in [0.25, 0.3) is 0 Å². The normalized spacial score (nSPS) is 25.2. The topological polar surface area (TPSA) is 34.4 Å². The number of hydrogen-bond donors (Lipinski definition) is 1. The van der Waals surface area contributed by atoms with Crippen LogP contribution in [0.2, 0.25) is 0 Å². The molecule has 0 saturated carbocycles. The standard InChI is InChI=1S/C13H21NO2/c1-3-13(4-2)9-14-8-12(16-10-13)11-6-5-7-15-11/h5-7,12,14H,3-4,8-10H2,1-2H3. The van der Waals surface area contributed by atoms with Gasteiger partial charge in [0.15, 0.2) is 0 Å². The van der Waals surface area contributed by atoms with Gasteiger partial charge in [-0.2, -0.15) is 0 Å². The van der Waals surface area contributed by atoms with Crippen molar-refractivity contribution in [1.82, 2.24) is 5.32 Å². The second-order valence-corrected chi connectivity index (χ2v) is 4.65. The van der Waals surface area contributed by atoms with Crippen LogP contribution in [0.3, 0.4) is 0 Å². The maximum absolute atomic E-state index is 5.99. The van der Waals surface area contributed by atoms with E-state index in [0.717, 1.165) is 38.3 Å². The summed E-state index contributed by atoms with van der Waals surface area (Å²) in [7, 11) is 0. The van der Waals surface area contributed by atoms with Crippen molar-refractivity contribution in [2.75, 3.05) is 19.7 Å². The molecule has 0 radical (unpaired) electrons. The van der Waals surface area contributed by atoms with Crippen LogP contribution in [0.5, 0.6) is 0 Å². The highest BCUT2D eigenvalue weighted by atomic mass is 16.5. The Hall–Kier alpha value is -0.800. The number of furan rings is 1. The van der Waals surface area contributed by atoms with Crippen LogP contribution in [0, 0.1) is 5.41 Å². The quantitative estimate of drug-likeness (QED) is 0.855. The van der Waals surface area contributed by atoms with Crippen molar-refractivity contribution in [3.8, 4) is 0 Å². The lowest BCUT2D eigenvalue weighted by atomic mass is 9.83. The highest BCUT2D eigenvalue weighted by Crippen LogP contribution is 2.31. The molecule has 0 aromatic carbocycles. The summed E-state index contributed by atoms with van der Waals surface area (Å²) < 4.78 is 11.4. The molecule has 3 heteroatoms. The number of ether oxygens (including phenoxy) is 1. The molecule has 2 heterocycles. The molecule has 1 aliphatic heterocycles. The van der Waals surface area contributed by atoms with Gasteiger partial charge in [0.1, 0.15) is 11.9 Å². The van der Waals surface area contributed by atoms with Gasteiger partial charge in [0.05, 0.1) is 12.9 Å². The first-order chi connectivity index (χ1) is 7.79. The summed E-state index contributed by atoms with van der Waals surface area (Å²) in [5, 5.41) is 3.49. The monoisotopic (exact) mass is 223 g/mol. The van der Waals surface area contributed by atoms with Crippen LogP contribution in [0.1, 0.15) is 38.6 Å². The van der Waals surface area contributed by atoms with E-state index in [-0.39, 0.29) is 6.10 Å². The lowest BCUT2D eigenvalue weighted by Gasteiger charge is -2.29. The molecule has 0 amide bonds. The molecule has 1 fully saturated rings. The third kappa shape index (κ3) is 2.30. The Bertz CT molecular complexity index is 304. The van der Waals surface area contributed by atoms with Crippen LogP contribution in [0.15, 0.2) is 22.8 Å². The van der Waals surface area contributed by atoms with Crippen LogP contribution in [0.4, 0.5) is 0 Å². The van der Waals surface area contributed by atoms with Crippen molar-refractivity contribution in [2.45, 2.75) is 32.8 Å². The summed E-state index contributed by atoms with van der Waals surface area (Å²) in [6.07, 6.45) is 4.08. The lowest BCUT2D eigenvalue weighted by molar-refractivity contribution is 0.000584. The predicted octanol–water partition coefficient (Wildman–Crippen LogP) is 2.75. The van der Waals surface area contributed by atoms with Gasteiger partial charge in [0.25, 0.3) is 0 Å². The average molecular weight is 223 g/mol. The molecule has 0 bridgehead atoms. The molecule has 90 valence electrons. The molecule has 0 spiro atoms. The Balaban J connectivity index is 2.03. The second kappa shape index (κ2) is 5.02. The molecule has 1 unspecified atom stereocenters. The summed E-state index contributed by atoms with van der Waals surface area (Å²) in [4.78, 5) is 0. The molecule has 1 aromatic rings. The van der Waals surface area contributed by atoms with Gasteiger partial charge in [-0.3, -0.25) is 0 Å². The highest BCUT2D eigenvalue weighted by Gasteiger charge is 2.31. The largest absolute Gasteiger partial charge is 0.467 e. The van der Waals surface area contributed by atoms with E-state index in [0.29, 0.717) is 5.41 Å². The molecule has 1 N–H and O–H groups in total. The average Bonchev–Trinajstić information content (AvgIpc) is 2.76. The van der Waals surface area contributed by atoms with Crippen LogP contribution >= 0.6 is 0 Å². The Kier molecular flexibility index (Phi) is 3.66. The van der Waals surface area contributed by atoms with Crippen LogP contribution in [-0.2, 0) is 4.74 Å². The van der Waals surface area contributed by atoms with E-state index in [2.05, 4.69) is 19.2 Å².